The fraction of sp³-hybridized carbons (Fsp3) is 0.357. The Hall–Kier alpha value is -2.37. The van der Waals surface area contributed by atoms with Crippen molar-refractivity contribution >= 4 is 5.82 Å². The summed E-state index contributed by atoms with van der Waals surface area (Å²) >= 11 is 0. The molecule has 2 aromatic heterocycles. The van der Waals surface area contributed by atoms with Gasteiger partial charge in [-0.3, -0.25) is 4.98 Å². The average molecular weight is 274 g/mol. The molecule has 6 nitrogen and oxygen atoms in total. The molecule has 0 saturated carbocycles. The molecule has 0 spiro atoms. The van der Waals surface area contributed by atoms with Gasteiger partial charge < -0.3 is 14.8 Å². The van der Waals surface area contributed by atoms with Crippen molar-refractivity contribution in [2.75, 3.05) is 25.6 Å². The highest BCUT2D eigenvalue weighted by Crippen LogP contribution is 2.33. The monoisotopic (exact) mass is 274 g/mol. The lowest BCUT2D eigenvalue weighted by molar-refractivity contribution is 0.339. The fourth-order valence-electron chi connectivity index (χ4n) is 1.86. The van der Waals surface area contributed by atoms with E-state index in [1.807, 2.05) is 19.9 Å². The van der Waals surface area contributed by atoms with Crippen molar-refractivity contribution in [1.29, 1.82) is 0 Å². The Labute approximate surface area is 118 Å². The zero-order valence-corrected chi connectivity index (χ0v) is 11.9. The van der Waals surface area contributed by atoms with Gasteiger partial charge in [-0.1, -0.05) is 0 Å². The molecule has 0 aliphatic rings. The minimum Gasteiger partial charge on any atom is -0.492 e. The van der Waals surface area contributed by atoms with Crippen LogP contribution in [0.3, 0.4) is 0 Å². The average Bonchev–Trinajstić information content (AvgIpc) is 2.48. The number of hydrogen-bond donors (Lipinski definition) is 1. The number of ether oxygens (including phenoxy) is 2. The molecule has 2 aromatic rings. The predicted octanol–water partition coefficient (Wildman–Crippen LogP) is 2.38. The van der Waals surface area contributed by atoms with Crippen molar-refractivity contribution in [3.05, 3.63) is 24.8 Å². The zero-order valence-electron chi connectivity index (χ0n) is 11.9. The van der Waals surface area contributed by atoms with E-state index in [1.54, 1.807) is 19.5 Å². The lowest BCUT2D eigenvalue weighted by Gasteiger charge is -2.12. The highest BCUT2D eigenvalue weighted by atomic mass is 16.5. The minimum atomic E-state index is 0.592. The second-order valence-electron chi connectivity index (χ2n) is 3.98. The zero-order chi connectivity index (χ0) is 14.4. The summed E-state index contributed by atoms with van der Waals surface area (Å²) in [7, 11) is 1.60. The van der Waals surface area contributed by atoms with Crippen LogP contribution in [-0.4, -0.2) is 35.2 Å². The van der Waals surface area contributed by atoms with Gasteiger partial charge in [0.1, 0.15) is 17.8 Å². The van der Waals surface area contributed by atoms with Gasteiger partial charge in [0, 0.05) is 18.3 Å². The van der Waals surface area contributed by atoms with Crippen LogP contribution in [0.25, 0.3) is 11.3 Å². The van der Waals surface area contributed by atoms with E-state index in [4.69, 9.17) is 9.47 Å². The van der Waals surface area contributed by atoms with Crippen LogP contribution in [0.1, 0.15) is 13.8 Å². The summed E-state index contributed by atoms with van der Waals surface area (Å²) in [5.41, 5.74) is 1.52. The van der Waals surface area contributed by atoms with Crippen LogP contribution in [0.15, 0.2) is 24.8 Å². The number of aromatic nitrogens is 3. The van der Waals surface area contributed by atoms with E-state index >= 15 is 0 Å². The lowest BCUT2D eigenvalue weighted by atomic mass is 10.2. The second kappa shape index (κ2) is 6.70. The molecule has 0 aliphatic carbocycles. The molecule has 0 fully saturated rings. The van der Waals surface area contributed by atoms with Crippen molar-refractivity contribution in [2.24, 2.45) is 0 Å². The number of hydrogen-bond acceptors (Lipinski definition) is 6. The van der Waals surface area contributed by atoms with E-state index in [1.165, 1.54) is 6.33 Å². The first-order valence-electron chi connectivity index (χ1n) is 6.51. The number of nitrogens with one attached hydrogen (secondary N) is 1. The maximum Gasteiger partial charge on any atom is 0.187 e. The van der Waals surface area contributed by atoms with E-state index in [-0.39, 0.29) is 0 Å². The Kier molecular flexibility index (Phi) is 4.70. The van der Waals surface area contributed by atoms with Crippen LogP contribution < -0.4 is 14.8 Å². The van der Waals surface area contributed by atoms with Gasteiger partial charge >= 0.3 is 0 Å². The van der Waals surface area contributed by atoms with Crippen LogP contribution in [-0.2, 0) is 0 Å². The Morgan fingerprint density at radius 2 is 2.05 bits per heavy atom. The Bertz CT molecular complexity index is 575. The summed E-state index contributed by atoms with van der Waals surface area (Å²) in [5, 5.41) is 3.15. The van der Waals surface area contributed by atoms with Crippen molar-refractivity contribution in [3.8, 4) is 22.8 Å². The quantitative estimate of drug-likeness (QED) is 0.872. The highest BCUT2D eigenvalue weighted by molar-refractivity contribution is 5.72. The third-order valence-corrected chi connectivity index (χ3v) is 2.65. The molecule has 0 amide bonds. The highest BCUT2D eigenvalue weighted by Gasteiger charge is 2.14. The Morgan fingerprint density at radius 3 is 2.75 bits per heavy atom. The number of pyridine rings is 1. The summed E-state index contributed by atoms with van der Waals surface area (Å²) < 4.78 is 10.9. The minimum absolute atomic E-state index is 0.592. The third kappa shape index (κ3) is 2.96. The molecule has 2 heterocycles. The van der Waals surface area contributed by atoms with Crippen LogP contribution in [0, 0.1) is 0 Å². The maximum absolute atomic E-state index is 5.46. The molecule has 2 rings (SSSR count). The molecule has 1 N–H and O–H groups in total. The van der Waals surface area contributed by atoms with E-state index < -0.39 is 0 Å². The van der Waals surface area contributed by atoms with Crippen molar-refractivity contribution < 1.29 is 9.47 Å². The van der Waals surface area contributed by atoms with Gasteiger partial charge in [0.2, 0.25) is 0 Å². The molecule has 6 heteroatoms. The smallest absolute Gasteiger partial charge is 0.187 e. The molecule has 0 radical (unpaired) electrons. The van der Waals surface area contributed by atoms with Crippen molar-refractivity contribution in [2.45, 2.75) is 13.8 Å². The number of nitrogens with zero attached hydrogens (tertiary/aromatic N) is 3. The van der Waals surface area contributed by atoms with Crippen molar-refractivity contribution in [3.63, 3.8) is 0 Å². The predicted molar refractivity (Wildman–Crippen MR) is 77.1 cm³/mol. The third-order valence-electron chi connectivity index (χ3n) is 2.65. The van der Waals surface area contributed by atoms with Gasteiger partial charge in [0.05, 0.1) is 19.9 Å². The largest absolute Gasteiger partial charge is 0.492 e. The normalized spacial score (nSPS) is 10.2. The number of rotatable bonds is 6. The van der Waals surface area contributed by atoms with Gasteiger partial charge in [-0.15, -0.1) is 0 Å². The summed E-state index contributed by atoms with van der Waals surface area (Å²) in [6.07, 6.45) is 4.90. The van der Waals surface area contributed by atoms with Gasteiger partial charge in [-0.25, -0.2) is 9.97 Å². The first kappa shape index (κ1) is 14.0. The van der Waals surface area contributed by atoms with E-state index in [0.717, 1.165) is 12.1 Å². The summed E-state index contributed by atoms with van der Waals surface area (Å²) in [6.45, 7) is 5.28. The molecule has 20 heavy (non-hydrogen) atoms. The van der Waals surface area contributed by atoms with E-state index in [9.17, 15) is 0 Å². The fourth-order valence-corrected chi connectivity index (χ4v) is 1.86. The standard InChI is InChI=1S/C14H18N4O2/c1-4-16-14-13(19-3)12(17-9-18-14)10-6-11(20-5-2)8-15-7-10/h6-9H,4-5H2,1-3H3,(H,16,17,18). The molecule has 106 valence electrons. The van der Waals surface area contributed by atoms with Crippen LogP contribution in [0.2, 0.25) is 0 Å². The van der Waals surface area contributed by atoms with Crippen molar-refractivity contribution in [1.82, 2.24) is 15.0 Å². The first-order chi connectivity index (χ1) is 9.80. The second-order valence-corrected chi connectivity index (χ2v) is 3.98. The Balaban J connectivity index is 2.46. The van der Waals surface area contributed by atoms with Gasteiger partial charge in [-0.05, 0) is 19.9 Å². The molecule has 0 unspecified atom stereocenters. The van der Waals surface area contributed by atoms with E-state index in [0.29, 0.717) is 29.6 Å². The molecular weight excluding hydrogens is 256 g/mol. The SMILES string of the molecule is CCNc1ncnc(-c2cncc(OCC)c2)c1OC. The molecule has 0 atom stereocenters. The Morgan fingerprint density at radius 1 is 1.20 bits per heavy atom. The first-order valence-corrected chi connectivity index (χ1v) is 6.51. The van der Waals surface area contributed by atoms with Gasteiger partial charge in [-0.2, -0.15) is 0 Å². The summed E-state index contributed by atoms with van der Waals surface area (Å²) in [4.78, 5) is 12.6. The summed E-state index contributed by atoms with van der Waals surface area (Å²) in [6, 6.07) is 1.89. The molecule has 0 aliphatic heterocycles. The van der Waals surface area contributed by atoms with Gasteiger partial charge in [0.15, 0.2) is 11.6 Å². The lowest BCUT2D eigenvalue weighted by Crippen LogP contribution is -2.04. The van der Waals surface area contributed by atoms with Gasteiger partial charge in [0.25, 0.3) is 0 Å². The number of anilines is 1. The molecule has 0 saturated heterocycles. The molecule has 0 bridgehead atoms. The van der Waals surface area contributed by atoms with Crippen LogP contribution in [0.4, 0.5) is 5.82 Å². The van der Waals surface area contributed by atoms with Crippen LogP contribution >= 0.6 is 0 Å². The summed E-state index contributed by atoms with van der Waals surface area (Å²) in [5.74, 6) is 1.97. The van der Waals surface area contributed by atoms with E-state index in [2.05, 4.69) is 20.3 Å². The molecule has 0 aromatic carbocycles. The van der Waals surface area contributed by atoms with Crippen LogP contribution in [0.5, 0.6) is 11.5 Å². The molecular formula is C14H18N4O2. The topological polar surface area (TPSA) is 69.2 Å². The number of methoxy groups -OCH3 is 1. The maximum atomic E-state index is 5.46.